The van der Waals surface area contributed by atoms with Crippen molar-refractivity contribution < 1.29 is 4.74 Å². The van der Waals surface area contributed by atoms with E-state index in [0.29, 0.717) is 22.4 Å². The molecule has 0 radical (unpaired) electrons. The first kappa shape index (κ1) is 12.8. The normalized spacial score (nSPS) is 10.1. The fourth-order valence-electron chi connectivity index (χ4n) is 1.42. The molecule has 18 heavy (non-hydrogen) atoms. The molecule has 3 nitrogen and oxygen atoms in total. The van der Waals surface area contributed by atoms with E-state index in [1.807, 2.05) is 12.1 Å². The Morgan fingerprint density at radius 2 is 2.22 bits per heavy atom. The molecule has 2 rings (SSSR count). The van der Waals surface area contributed by atoms with Crippen LogP contribution in [0.5, 0.6) is 5.75 Å². The molecule has 92 valence electrons. The van der Waals surface area contributed by atoms with Crippen molar-refractivity contribution in [1.82, 2.24) is 4.98 Å². The molecular weight excluding hydrogens is 268 g/mol. The van der Waals surface area contributed by atoms with Gasteiger partial charge in [-0.1, -0.05) is 29.9 Å². The molecule has 2 N–H and O–H groups in total. The number of hydrogen-bond donors (Lipinski definition) is 1. The summed E-state index contributed by atoms with van der Waals surface area (Å²) in [5, 5.41) is 0.490. The quantitative estimate of drug-likeness (QED) is 0.874. The predicted molar refractivity (Wildman–Crippen MR) is 75.9 cm³/mol. The standard InChI is InChI=1S/C13H11ClN2OS/c14-11-6-10(13(15)18)3-4-12(11)17-8-9-2-1-5-16-7-9/h1-7H,8H2,(H2,15,18). The van der Waals surface area contributed by atoms with Crippen LogP contribution in [0.2, 0.25) is 5.02 Å². The summed E-state index contributed by atoms with van der Waals surface area (Å²) in [6.45, 7) is 0.417. The SMILES string of the molecule is NC(=S)c1ccc(OCc2cccnc2)c(Cl)c1. The van der Waals surface area contributed by atoms with E-state index in [0.717, 1.165) is 11.1 Å². The Morgan fingerprint density at radius 3 is 2.83 bits per heavy atom. The van der Waals surface area contributed by atoms with Crippen molar-refractivity contribution in [3.05, 3.63) is 58.9 Å². The highest BCUT2D eigenvalue weighted by Crippen LogP contribution is 2.26. The molecule has 0 aliphatic carbocycles. The lowest BCUT2D eigenvalue weighted by Crippen LogP contribution is -2.09. The summed E-state index contributed by atoms with van der Waals surface area (Å²) in [6, 6.07) is 9.03. The van der Waals surface area contributed by atoms with E-state index in [4.69, 9.17) is 34.3 Å². The highest BCUT2D eigenvalue weighted by molar-refractivity contribution is 7.80. The molecule has 0 fully saturated rings. The lowest BCUT2D eigenvalue weighted by molar-refractivity contribution is 0.306. The van der Waals surface area contributed by atoms with Gasteiger partial charge in [0.15, 0.2) is 0 Å². The van der Waals surface area contributed by atoms with E-state index in [1.165, 1.54) is 0 Å². The van der Waals surface area contributed by atoms with Crippen LogP contribution < -0.4 is 10.5 Å². The van der Waals surface area contributed by atoms with E-state index >= 15 is 0 Å². The number of aromatic nitrogens is 1. The Balaban J connectivity index is 2.08. The van der Waals surface area contributed by atoms with Crippen molar-refractivity contribution in [2.24, 2.45) is 5.73 Å². The average Bonchev–Trinajstić information content (AvgIpc) is 2.38. The monoisotopic (exact) mass is 278 g/mol. The average molecular weight is 279 g/mol. The maximum Gasteiger partial charge on any atom is 0.138 e. The van der Waals surface area contributed by atoms with Gasteiger partial charge in [0.25, 0.3) is 0 Å². The van der Waals surface area contributed by atoms with Crippen molar-refractivity contribution in [2.45, 2.75) is 6.61 Å². The minimum atomic E-state index is 0.315. The van der Waals surface area contributed by atoms with Crippen LogP contribution in [0.25, 0.3) is 0 Å². The van der Waals surface area contributed by atoms with Crippen LogP contribution in [0, 0.1) is 0 Å². The Hall–Kier alpha value is -1.65. The highest BCUT2D eigenvalue weighted by Gasteiger charge is 2.05. The number of pyridine rings is 1. The second-order valence-corrected chi connectivity index (χ2v) is 4.51. The van der Waals surface area contributed by atoms with Crippen LogP contribution in [-0.4, -0.2) is 9.97 Å². The summed E-state index contributed by atoms with van der Waals surface area (Å²) in [7, 11) is 0. The van der Waals surface area contributed by atoms with Gasteiger partial charge in [-0.25, -0.2) is 0 Å². The predicted octanol–water partition coefficient (Wildman–Crippen LogP) is 2.95. The van der Waals surface area contributed by atoms with Crippen LogP contribution in [0.4, 0.5) is 0 Å². The molecule has 0 saturated carbocycles. The second kappa shape index (κ2) is 5.80. The van der Waals surface area contributed by atoms with E-state index in [9.17, 15) is 0 Å². The molecule has 0 unspecified atom stereocenters. The van der Waals surface area contributed by atoms with Gasteiger partial charge in [0.2, 0.25) is 0 Å². The molecule has 1 aromatic carbocycles. The summed E-state index contributed by atoms with van der Waals surface area (Å²) in [5.74, 6) is 0.598. The third-order valence-electron chi connectivity index (χ3n) is 2.33. The van der Waals surface area contributed by atoms with Gasteiger partial charge in [0.1, 0.15) is 17.3 Å². The van der Waals surface area contributed by atoms with Crippen molar-refractivity contribution in [2.75, 3.05) is 0 Å². The Labute approximate surface area is 116 Å². The first-order valence-electron chi connectivity index (χ1n) is 5.28. The maximum absolute atomic E-state index is 6.08. The number of ether oxygens (including phenoxy) is 1. The van der Waals surface area contributed by atoms with Gasteiger partial charge in [0.05, 0.1) is 5.02 Å². The van der Waals surface area contributed by atoms with Crippen LogP contribution >= 0.6 is 23.8 Å². The highest BCUT2D eigenvalue weighted by atomic mass is 35.5. The van der Waals surface area contributed by atoms with Gasteiger partial charge < -0.3 is 10.5 Å². The summed E-state index contributed by atoms with van der Waals surface area (Å²) >= 11 is 11.0. The molecule has 0 saturated heterocycles. The number of rotatable bonds is 4. The summed E-state index contributed by atoms with van der Waals surface area (Å²) < 4.78 is 5.60. The molecule has 0 amide bonds. The van der Waals surface area contributed by atoms with Crippen molar-refractivity contribution >= 4 is 28.8 Å². The number of benzene rings is 1. The molecule has 0 aliphatic heterocycles. The number of thiocarbonyl (C=S) groups is 1. The van der Waals surface area contributed by atoms with Crippen LogP contribution in [0.1, 0.15) is 11.1 Å². The smallest absolute Gasteiger partial charge is 0.138 e. The molecule has 1 heterocycles. The molecule has 0 spiro atoms. The molecule has 1 aromatic heterocycles. The third kappa shape index (κ3) is 3.18. The Bertz CT molecular complexity index is 560. The van der Waals surface area contributed by atoms with Crippen LogP contribution in [0.3, 0.4) is 0 Å². The molecule has 0 bridgehead atoms. The van der Waals surface area contributed by atoms with Crippen molar-refractivity contribution in [3.63, 3.8) is 0 Å². The first-order valence-corrected chi connectivity index (χ1v) is 6.06. The zero-order valence-electron chi connectivity index (χ0n) is 9.47. The zero-order chi connectivity index (χ0) is 13.0. The van der Waals surface area contributed by atoms with Crippen molar-refractivity contribution in [3.8, 4) is 5.75 Å². The molecular formula is C13H11ClN2OS. The topological polar surface area (TPSA) is 48.1 Å². The van der Waals surface area contributed by atoms with E-state index in [-0.39, 0.29) is 0 Å². The van der Waals surface area contributed by atoms with Gasteiger partial charge >= 0.3 is 0 Å². The molecule has 0 aliphatic rings. The van der Waals surface area contributed by atoms with Gasteiger partial charge in [-0.05, 0) is 24.3 Å². The maximum atomic E-state index is 6.08. The second-order valence-electron chi connectivity index (χ2n) is 3.66. The minimum absolute atomic E-state index is 0.315. The van der Waals surface area contributed by atoms with E-state index in [1.54, 1.807) is 30.6 Å². The molecule has 2 aromatic rings. The number of nitrogens with two attached hydrogens (primary N) is 1. The number of halogens is 1. The fourth-order valence-corrected chi connectivity index (χ4v) is 1.78. The Kier molecular flexibility index (Phi) is 4.12. The van der Waals surface area contributed by atoms with Crippen molar-refractivity contribution in [1.29, 1.82) is 0 Å². The first-order chi connectivity index (χ1) is 8.66. The number of nitrogens with zero attached hydrogens (tertiary/aromatic N) is 1. The van der Waals surface area contributed by atoms with E-state index in [2.05, 4.69) is 4.98 Å². The lowest BCUT2D eigenvalue weighted by atomic mass is 10.2. The van der Waals surface area contributed by atoms with E-state index < -0.39 is 0 Å². The Morgan fingerprint density at radius 1 is 1.39 bits per heavy atom. The summed E-state index contributed by atoms with van der Waals surface area (Å²) in [6.07, 6.45) is 3.46. The number of hydrogen-bond acceptors (Lipinski definition) is 3. The fraction of sp³-hybridized carbons (Fsp3) is 0.0769. The zero-order valence-corrected chi connectivity index (χ0v) is 11.0. The van der Waals surface area contributed by atoms with Crippen LogP contribution in [-0.2, 0) is 6.61 Å². The summed E-state index contributed by atoms with van der Waals surface area (Å²) in [5.41, 5.74) is 7.23. The van der Waals surface area contributed by atoms with Gasteiger partial charge in [-0.15, -0.1) is 0 Å². The molecule has 5 heteroatoms. The summed E-state index contributed by atoms with van der Waals surface area (Å²) in [4.78, 5) is 4.33. The largest absolute Gasteiger partial charge is 0.487 e. The third-order valence-corrected chi connectivity index (χ3v) is 2.86. The van der Waals surface area contributed by atoms with Gasteiger partial charge in [-0.2, -0.15) is 0 Å². The minimum Gasteiger partial charge on any atom is -0.487 e. The van der Waals surface area contributed by atoms with Gasteiger partial charge in [-0.3, -0.25) is 4.98 Å². The lowest BCUT2D eigenvalue weighted by Gasteiger charge is -2.09. The van der Waals surface area contributed by atoms with Crippen LogP contribution in [0.15, 0.2) is 42.7 Å². The molecule has 0 atom stereocenters. The van der Waals surface area contributed by atoms with Gasteiger partial charge in [0, 0.05) is 23.5 Å².